The molecule has 1 aliphatic heterocycles. The van der Waals surface area contributed by atoms with Crippen LogP contribution in [0.1, 0.15) is 11.7 Å². The number of morpholine rings is 1. The van der Waals surface area contributed by atoms with Gasteiger partial charge in [-0.3, -0.25) is 5.41 Å². The molecule has 2 heterocycles. The van der Waals surface area contributed by atoms with Gasteiger partial charge in [0.15, 0.2) is 0 Å². The first-order valence-corrected chi connectivity index (χ1v) is 10.6. The Balaban J connectivity index is 1.61. The molecule has 1 atom stereocenters. The number of hydrogen-bond donors (Lipinski definition) is 3. The summed E-state index contributed by atoms with van der Waals surface area (Å²) in [6.07, 6.45) is -0.789. The van der Waals surface area contributed by atoms with Gasteiger partial charge >= 0.3 is 0 Å². The molecule has 0 saturated carbocycles. The first-order chi connectivity index (χ1) is 14.0. The Kier molecular flexibility index (Phi) is 6.27. The molecular weight excluding hydrogens is 411 g/mol. The number of ether oxygens (including phenoxy) is 1. The molecule has 1 saturated heterocycles. The van der Waals surface area contributed by atoms with Crippen molar-refractivity contribution in [3.63, 3.8) is 0 Å². The predicted octanol–water partition coefficient (Wildman–Crippen LogP) is 1.88. The van der Waals surface area contributed by atoms with Crippen molar-refractivity contribution in [3.8, 4) is 0 Å². The van der Waals surface area contributed by atoms with Crippen molar-refractivity contribution >= 4 is 34.2 Å². The molecule has 29 heavy (non-hydrogen) atoms. The molecule has 1 aliphatic rings. The number of nitrogens with one attached hydrogen (secondary N) is 2. The van der Waals surface area contributed by atoms with Gasteiger partial charge in [-0.2, -0.15) is 0 Å². The zero-order valence-electron chi connectivity index (χ0n) is 16.1. The Morgan fingerprint density at radius 2 is 1.72 bits per heavy atom. The lowest BCUT2D eigenvalue weighted by molar-refractivity contribution is -0.908. The van der Waals surface area contributed by atoms with Crippen molar-refractivity contribution in [2.45, 2.75) is 19.2 Å². The summed E-state index contributed by atoms with van der Waals surface area (Å²) >= 11 is 12.1. The van der Waals surface area contributed by atoms with Crippen LogP contribution in [-0.4, -0.2) is 47.1 Å². The van der Waals surface area contributed by atoms with Gasteiger partial charge in [0.2, 0.25) is 5.62 Å². The van der Waals surface area contributed by atoms with Crippen molar-refractivity contribution in [3.05, 3.63) is 63.7 Å². The van der Waals surface area contributed by atoms with E-state index >= 15 is 0 Å². The number of quaternary nitrogens is 1. The highest BCUT2D eigenvalue weighted by Crippen LogP contribution is 2.26. The number of benzene rings is 2. The summed E-state index contributed by atoms with van der Waals surface area (Å²) in [5, 5.41) is 20.4. The highest BCUT2D eigenvalue weighted by molar-refractivity contribution is 6.42. The second kappa shape index (κ2) is 8.90. The predicted molar refractivity (Wildman–Crippen MR) is 114 cm³/mol. The van der Waals surface area contributed by atoms with Crippen LogP contribution in [0, 0.1) is 5.41 Å². The lowest BCUT2D eigenvalue weighted by Gasteiger charge is -2.23. The minimum atomic E-state index is -0.789. The molecule has 3 aromatic rings. The van der Waals surface area contributed by atoms with E-state index in [0.29, 0.717) is 21.2 Å². The largest absolute Gasteiger partial charge is 0.387 e. The van der Waals surface area contributed by atoms with E-state index in [1.54, 1.807) is 18.2 Å². The van der Waals surface area contributed by atoms with Crippen LogP contribution in [0.15, 0.2) is 42.5 Å². The third kappa shape index (κ3) is 4.37. The lowest BCUT2D eigenvalue weighted by Crippen LogP contribution is -3.14. The number of aromatic nitrogens is 2. The fourth-order valence-corrected chi connectivity index (χ4v) is 4.19. The van der Waals surface area contributed by atoms with E-state index in [-0.39, 0.29) is 6.54 Å². The van der Waals surface area contributed by atoms with Crippen LogP contribution < -0.4 is 10.5 Å². The third-order valence-electron chi connectivity index (χ3n) is 5.55. The van der Waals surface area contributed by atoms with Crippen LogP contribution in [-0.2, 0) is 17.8 Å². The van der Waals surface area contributed by atoms with Gasteiger partial charge in [0.25, 0.3) is 0 Å². The van der Waals surface area contributed by atoms with E-state index in [1.807, 2.05) is 33.4 Å². The number of aliphatic hydroxyl groups excluding tert-OH is 1. The minimum absolute atomic E-state index is 0.273. The fourth-order valence-electron chi connectivity index (χ4n) is 3.88. The zero-order chi connectivity index (χ0) is 20.4. The van der Waals surface area contributed by atoms with Crippen LogP contribution in [0.3, 0.4) is 0 Å². The van der Waals surface area contributed by atoms with E-state index in [2.05, 4.69) is 0 Å². The molecule has 0 radical (unpaired) electrons. The third-order valence-corrected chi connectivity index (χ3v) is 6.29. The number of imidazole rings is 1. The molecule has 2 aromatic carbocycles. The number of hydrogen-bond acceptors (Lipinski definition) is 3. The second-order valence-electron chi connectivity index (χ2n) is 7.38. The molecular formula is C21H25Cl2N4O2+. The Morgan fingerprint density at radius 1 is 1.03 bits per heavy atom. The van der Waals surface area contributed by atoms with E-state index < -0.39 is 6.10 Å². The average molecular weight is 436 g/mol. The minimum Gasteiger partial charge on any atom is -0.387 e. The fraction of sp³-hybridized carbons (Fsp3) is 0.381. The second-order valence-corrected chi connectivity index (χ2v) is 8.19. The molecule has 1 aromatic heterocycles. The summed E-state index contributed by atoms with van der Waals surface area (Å²) in [6.45, 7) is 5.57. The first kappa shape index (κ1) is 20.4. The number of halogens is 2. The molecule has 0 aliphatic carbocycles. The van der Waals surface area contributed by atoms with Gasteiger partial charge in [0.05, 0.1) is 60.0 Å². The van der Waals surface area contributed by atoms with Gasteiger partial charge in [-0.25, -0.2) is 0 Å². The maximum Gasteiger partial charge on any atom is 0.203 e. The van der Waals surface area contributed by atoms with Crippen LogP contribution in [0.25, 0.3) is 11.0 Å². The Morgan fingerprint density at radius 3 is 2.41 bits per heavy atom. The van der Waals surface area contributed by atoms with Crippen molar-refractivity contribution in [1.29, 1.82) is 5.41 Å². The maximum atomic E-state index is 10.8. The smallest absolute Gasteiger partial charge is 0.203 e. The molecule has 154 valence electrons. The quantitative estimate of drug-likeness (QED) is 0.553. The van der Waals surface area contributed by atoms with E-state index in [0.717, 1.165) is 50.4 Å². The van der Waals surface area contributed by atoms with Crippen LogP contribution in [0.2, 0.25) is 10.0 Å². The summed E-state index contributed by atoms with van der Waals surface area (Å²) in [6, 6.07) is 13.1. The number of aliphatic hydroxyl groups is 1. The lowest BCUT2D eigenvalue weighted by atomic mass is 10.1. The number of para-hydroxylation sites is 2. The molecule has 4 rings (SSSR count). The molecule has 6 nitrogen and oxygen atoms in total. The SMILES string of the molecule is N=c1n(CC[NH+]2CCOCC2)c2ccccc2n1CC(O)c1ccc(Cl)c(Cl)c1. The highest BCUT2D eigenvalue weighted by atomic mass is 35.5. The van der Waals surface area contributed by atoms with E-state index in [4.69, 9.17) is 33.3 Å². The monoisotopic (exact) mass is 435 g/mol. The zero-order valence-corrected chi connectivity index (χ0v) is 17.6. The molecule has 0 spiro atoms. The Labute approximate surface area is 179 Å². The first-order valence-electron chi connectivity index (χ1n) is 9.81. The number of nitrogens with zero attached hydrogens (tertiary/aromatic N) is 2. The van der Waals surface area contributed by atoms with Gasteiger partial charge < -0.3 is 23.9 Å². The summed E-state index contributed by atoms with van der Waals surface area (Å²) in [4.78, 5) is 1.50. The van der Waals surface area contributed by atoms with Gasteiger partial charge in [0, 0.05) is 0 Å². The van der Waals surface area contributed by atoms with E-state index in [1.165, 1.54) is 4.90 Å². The topological polar surface area (TPSA) is 67.6 Å². The summed E-state index contributed by atoms with van der Waals surface area (Å²) < 4.78 is 9.32. The van der Waals surface area contributed by atoms with Crippen molar-refractivity contribution in [2.24, 2.45) is 0 Å². The molecule has 1 fully saturated rings. The number of rotatable bonds is 6. The highest BCUT2D eigenvalue weighted by Gasteiger charge is 2.18. The van der Waals surface area contributed by atoms with Crippen molar-refractivity contribution in [1.82, 2.24) is 9.13 Å². The van der Waals surface area contributed by atoms with Gasteiger partial charge in [-0.1, -0.05) is 41.4 Å². The van der Waals surface area contributed by atoms with Gasteiger partial charge in [0.1, 0.15) is 13.1 Å². The summed E-state index contributed by atoms with van der Waals surface area (Å²) in [5.74, 6) is 0. The van der Waals surface area contributed by atoms with Crippen molar-refractivity contribution in [2.75, 3.05) is 32.8 Å². The van der Waals surface area contributed by atoms with E-state index in [9.17, 15) is 5.11 Å². The number of fused-ring (bicyclic) bond motifs is 1. The van der Waals surface area contributed by atoms with Crippen LogP contribution in [0.5, 0.6) is 0 Å². The maximum absolute atomic E-state index is 10.8. The van der Waals surface area contributed by atoms with Gasteiger partial charge in [-0.15, -0.1) is 0 Å². The Bertz CT molecular complexity index is 1060. The summed E-state index contributed by atoms with van der Waals surface area (Å²) in [5.41, 5.74) is 3.01. The van der Waals surface area contributed by atoms with Crippen molar-refractivity contribution < 1.29 is 14.7 Å². The molecule has 0 amide bonds. The molecule has 0 bridgehead atoms. The normalized spacial score (nSPS) is 16.4. The standard InChI is InChI=1S/C21H24Cl2N4O2/c22-16-6-5-15(13-17(16)23)20(28)14-27-19-4-2-1-3-18(19)26(21(27)24)8-7-25-9-11-29-12-10-25/h1-6,13,20,24,28H,7-12,14H2/p+1. The Hall–Kier alpha value is -1.83. The molecule has 8 heteroatoms. The molecule has 3 N–H and O–H groups in total. The van der Waals surface area contributed by atoms with Crippen LogP contribution in [0.4, 0.5) is 0 Å². The average Bonchev–Trinajstić information content (AvgIpc) is 3.00. The van der Waals surface area contributed by atoms with Crippen LogP contribution >= 0.6 is 23.2 Å². The summed E-state index contributed by atoms with van der Waals surface area (Å²) in [7, 11) is 0. The molecule has 1 unspecified atom stereocenters. The van der Waals surface area contributed by atoms with Gasteiger partial charge in [-0.05, 0) is 29.8 Å².